The van der Waals surface area contributed by atoms with Crippen LogP contribution in [0.4, 0.5) is 26.3 Å². The van der Waals surface area contributed by atoms with Gasteiger partial charge in [0.25, 0.3) is 0 Å². The van der Waals surface area contributed by atoms with Crippen LogP contribution in [0, 0.1) is 0 Å². The van der Waals surface area contributed by atoms with Gasteiger partial charge in [-0.2, -0.15) is 31.3 Å². The van der Waals surface area contributed by atoms with Crippen LogP contribution in [0.3, 0.4) is 0 Å². The highest BCUT2D eigenvalue weighted by atomic mass is 32.2. The lowest BCUT2D eigenvalue weighted by Crippen LogP contribution is -2.17. The summed E-state index contributed by atoms with van der Waals surface area (Å²) in [5.41, 5.74) is -6.83. The zero-order valence-electron chi connectivity index (χ0n) is 13.1. The smallest absolute Gasteiger partial charge is 0.445 e. The van der Waals surface area contributed by atoms with Crippen molar-refractivity contribution in [1.82, 2.24) is 9.97 Å². The van der Waals surface area contributed by atoms with E-state index in [1.165, 1.54) is 31.2 Å². The van der Waals surface area contributed by atoms with Crippen molar-refractivity contribution in [3.05, 3.63) is 42.2 Å². The molecule has 0 aromatic carbocycles. The van der Waals surface area contributed by atoms with Crippen LogP contribution < -0.4 is 9.47 Å². The summed E-state index contributed by atoms with van der Waals surface area (Å²) < 4.78 is 85.6. The average Bonchev–Trinajstić information content (AvgIpc) is 2.53. The van der Waals surface area contributed by atoms with Gasteiger partial charge in [-0.15, -0.1) is 0 Å². The van der Waals surface area contributed by atoms with Gasteiger partial charge in [-0.25, -0.2) is 0 Å². The zero-order valence-corrected chi connectivity index (χ0v) is 14.0. The van der Waals surface area contributed by atoms with Crippen molar-refractivity contribution in [3.63, 3.8) is 0 Å². The number of halogens is 6. The third kappa shape index (κ3) is 6.28. The fourth-order valence-corrected chi connectivity index (χ4v) is 2.35. The summed E-state index contributed by atoms with van der Waals surface area (Å²) in [7, 11) is 0. The van der Waals surface area contributed by atoms with Crippen LogP contribution in [0.1, 0.15) is 19.0 Å². The monoisotopic (exact) mass is 398 g/mol. The lowest BCUT2D eigenvalue weighted by molar-refractivity contribution is -0.141. The molecular formula is C15H12F6N2O2S. The van der Waals surface area contributed by atoms with Crippen LogP contribution in [-0.2, 0) is 6.18 Å². The highest BCUT2D eigenvalue weighted by Crippen LogP contribution is 2.36. The van der Waals surface area contributed by atoms with E-state index < -0.39 is 22.8 Å². The largest absolute Gasteiger partial charge is 0.463 e. The van der Waals surface area contributed by atoms with Crippen LogP contribution >= 0.6 is 11.8 Å². The van der Waals surface area contributed by atoms with Gasteiger partial charge >= 0.3 is 11.7 Å². The molecule has 0 aliphatic rings. The van der Waals surface area contributed by atoms with Gasteiger partial charge in [-0.05, 0) is 24.2 Å². The fraction of sp³-hybridized carbons (Fsp3) is 0.333. The van der Waals surface area contributed by atoms with Crippen molar-refractivity contribution in [2.75, 3.05) is 0 Å². The Hall–Kier alpha value is -2.17. The summed E-state index contributed by atoms with van der Waals surface area (Å²) in [5, 5.41) is 0. The van der Waals surface area contributed by atoms with Crippen LogP contribution in [-0.4, -0.2) is 20.9 Å². The van der Waals surface area contributed by atoms with Gasteiger partial charge in [0.2, 0.25) is 11.8 Å². The molecule has 0 spiro atoms. The molecule has 0 saturated heterocycles. The maximum absolute atomic E-state index is 12.6. The molecule has 1 unspecified atom stereocenters. The molecule has 2 aromatic heterocycles. The number of alkyl halides is 6. The van der Waals surface area contributed by atoms with Crippen LogP contribution in [0.15, 0.2) is 36.5 Å². The Morgan fingerprint density at radius 3 is 2.38 bits per heavy atom. The minimum absolute atomic E-state index is 0.0657. The second kappa shape index (κ2) is 8.02. The Balaban J connectivity index is 2.12. The van der Waals surface area contributed by atoms with Gasteiger partial charge in [0, 0.05) is 24.4 Å². The quantitative estimate of drug-likeness (QED) is 0.464. The van der Waals surface area contributed by atoms with Gasteiger partial charge in [0.05, 0.1) is 0 Å². The number of thioether (sulfide) groups is 1. The number of hydrogen-bond donors (Lipinski definition) is 0. The number of aromatic nitrogens is 2. The minimum atomic E-state index is -4.64. The van der Waals surface area contributed by atoms with E-state index in [-0.39, 0.29) is 35.7 Å². The van der Waals surface area contributed by atoms with Crippen molar-refractivity contribution >= 4 is 11.8 Å². The highest BCUT2D eigenvalue weighted by molar-refractivity contribution is 8.00. The average molecular weight is 398 g/mol. The lowest BCUT2D eigenvalue weighted by Gasteiger charge is -2.17. The molecule has 0 amide bonds. The SMILES string of the molecule is CCC(Oc1cccc(Oc2ccnc(C(F)(F)F)c2)n1)SC(F)(F)F. The number of rotatable bonds is 6. The first-order valence-corrected chi connectivity index (χ1v) is 8.04. The Kier molecular flexibility index (Phi) is 6.21. The highest BCUT2D eigenvalue weighted by Gasteiger charge is 2.34. The fourth-order valence-electron chi connectivity index (χ4n) is 1.74. The van der Waals surface area contributed by atoms with Crippen molar-refractivity contribution in [2.24, 2.45) is 0 Å². The maximum Gasteiger partial charge on any atom is 0.445 e. The molecule has 0 fully saturated rings. The van der Waals surface area contributed by atoms with E-state index in [1.54, 1.807) is 0 Å². The van der Waals surface area contributed by atoms with Crippen molar-refractivity contribution < 1.29 is 35.8 Å². The third-order valence-corrected chi connectivity index (χ3v) is 3.75. The van der Waals surface area contributed by atoms with E-state index in [2.05, 4.69) is 9.97 Å². The molecule has 0 aliphatic heterocycles. The number of hydrogen-bond acceptors (Lipinski definition) is 5. The molecule has 0 radical (unpaired) electrons. The summed E-state index contributed by atoms with van der Waals surface area (Å²) in [5.74, 6) is -0.446. The Morgan fingerprint density at radius 2 is 1.77 bits per heavy atom. The summed E-state index contributed by atoms with van der Waals surface area (Å²) >= 11 is -0.325. The first-order chi connectivity index (χ1) is 12.1. The standard InChI is InChI=1S/C15H12F6N2O2S/c1-2-13(26-15(19,20)21)25-12-5-3-4-11(23-12)24-9-6-7-22-10(8-9)14(16,17)18/h3-8,13H,2H2,1H3. The normalized spacial score (nSPS) is 13.3. The third-order valence-electron chi connectivity index (χ3n) is 2.79. The van der Waals surface area contributed by atoms with Gasteiger partial charge in [0.1, 0.15) is 11.4 Å². The minimum Gasteiger partial charge on any atom is -0.463 e. The second-order valence-electron chi connectivity index (χ2n) is 4.81. The molecule has 11 heteroatoms. The topological polar surface area (TPSA) is 44.2 Å². The van der Waals surface area contributed by atoms with Crippen LogP contribution in [0.5, 0.6) is 17.5 Å². The lowest BCUT2D eigenvalue weighted by atomic mass is 10.3. The molecule has 0 bridgehead atoms. The zero-order chi connectivity index (χ0) is 19.4. The predicted molar refractivity (Wildman–Crippen MR) is 81.9 cm³/mol. The van der Waals surface area contributed by atoms with Crippen molar-refractivity contribution in [2.45, 2.75) is 30.5 Å². The Labute approximate surface area is 148 Å². The maximum atomic E-state index is 12.6. The Morgan fingerprint density at radius 1 is 1.08 bits per heavy atom. The summed E-state index contributed by atoms with van der Waals surface area (Å²) in [4.78, 5) is 7.05. The molecule has 4 nitrogen and oxygen atoms in total. The van der Waals surface area contributed by atoms with E-state index in [0.717, 1.165) is 6.20 Å². The number of nitrogens with zero attached hydrogens (tertiary/aromatic N) is 2. The predicted octanol–water partition coefficient (Wildman–Crippen LogP) is 5.66. The molecule has 0 aliphatic carbocycles. The number of ether oxygens (including phenoxy) is 2. The molecule has 0 N–H and O–H groups in total. The molecule has 2 heterocycles. The molecule has 142 valence electrons. The van der Waals surface area contributed by atoms with Gasteiger partial charge in [0.15, 0.2) is 5.44 Å². The van der Waals surface area contributed by atoms with E-state index in [9.17, 15) is 26.3 Å². The molecular weight excluding hydrogens is 386 g/mol. The first-order valence-electron chi connectivity index (χ1n) is 7.16. The van der Waals surface area contributed by atoms with Crippen LogP contribution in [0.25, 0.3) is 0 Å². The molecule has 0 saturated carbocycles. The van der Waals surface area contributed by atoms with E-state index in [4.69, 9.17) is 9.47 Å². The van der Waals surface area contributed by atoms with Gasteiger partial charge in [-0.3, -0.25) is 4.98 Å². The van der Waals surface area contributed by atoms with Crippen molar-refractivity contribution in [1.29, 1.82) is 0 Å². The molecule has 2 rings (SSSR count). The first kappa shape index (κ1) is 20.1. The van der Waals surface area contributed by atoms with Crippen LogP contribution in [0.2, 0.25) is 0 Å². The molecule has 1 atom stereocenters. The summed E-state index contributed by atoms with van der Waals surface area (Å²) in [6, 6.07) is 5.93. The van der Waals surface area contributed by atoms with E-state index in [0.29, 0.717) is 6.07 Å². The van der Waals surface area contributed by atoms with E-state index >= 15 is 0 Å². The molecule has 2 aromatic rings. The second-order valence-corrected chi connectivity index (χ2v) is 6.03. The number of pyridine rings is 2. The van der Waals surface area contributed by atoms with Gasteiger partial charge < -0.3 is 9.47 Å². The summed E-state index contributed by atoms with van der Waals surface area (Å²) in [6.07, 6.45) is -3.65. The Bertz CT molecular complexity index is 739. The van der Waals surface area contributed by atoms with Gasteiger partial charge in [-0.1, -0.05) is 13.0 Å². The van der Waals surface area contributed by atoms with E-state index in [1.807, 2.05) is 0 Å². The molecule has 26 heavy (non-hydrogen) atoms. The van der Waals surface area contributed by atoms with Crippen molar-refractivity contribution in [3.8, 4) is 17.5 Å². The summed E-state index contributed by atoms with van der Waals surface area (Å²) in [6.45, 7) is 1.51.